The number of carbonyl (C=O) groups excluding carboxylic acids is 11. The first-order valence-corrected chi connectivity index (χ1v) is 40.1. The lowest BCUT2D eigenvalue weighted by Crippen LogP contribution is -2.35. The second-order valence-corrected chi connectivity index (χ2v) is 28.9. The fourth-order valence-corrected chi connectivity index (χ4v) is 9.10. The molecule has 0 saturated carbocycles. The molecule has 0 heterocycles. The van der Waals surface area contributed by atoms with Crippen molar-refractivity contribution in [2.75, 3.05) is 244 Å². The molecule has 0 aliphatic heterocycles. The molecule has 0 aromatic heterocycles. The number of amides is 8. The zero-order valence-electron chi connectivity index (χ0n) is 62.5. The highest BCUT2D eigenvalue weighted by Crippen LogP contribution is 2.22. The number of alkyl carbamates (subject to hydrolysis) is 2. The van der Waals surface area contributed by atoms with Crippen molar-refractivity contribution in [2.45, 2.75) is 92.0 Å². The Morgan fingerprint density at radius 2 is 0.618 bits per heavy atom. The van der Waals surface area contributed by atoms with E-state index in [2.05, 4.69) is 55.2 Å². The maximum absolute atomic E-state index is 13.1. The normalized spacial score (nSPS) is 10.6. The van der Waals surface area contributed by atoms with Gasteiger partial charge in [-0.05, 0) is 68.0 Å². The number of thioether (sulfide) groups is 2. The van der Waals surface area contributed by atoms with E-state index < -0.39 is 24.0 Å². The second kappa shape index (κ2) is 74.0. The lowest BCUT2D eigenvalue weighted by molar-refractivity contribution is -0.122. The fraction of sp³-hybridized carbons (Fsp3) is 0.685. The molecule has 0 bridgehead atoms. The molecule has 0 radical (unpaired) electrons. The highest BCUT2D eigenvalue weighted by Gasteiger charge is 2.17. The van der Waals surface area contributed by atoms with Gasteiger partial charge < -0.3 is 104 Å². The maximum Gasteiger partial charge on any atom is 0.407 e. The third-order valence-corrected chi connectivity index (χ3v) is 15.1. The van der Waals surface area contributed by atoms with Crippen LogP contribution in [-0.2, 0) is 95.1 Å². The number of anilines is 4. The van der Waals surface area contributed by atoms with Gasteiger partial charge in [-0.2, -0.15) is 12.6 Å². The van der Waals surface area contributed by atoms with Crippen LogP contribution in [0.4, 0.5) is 32.3 Å². The summed E-state index contributed by atoms with van der Waals surface area (Å²) in [4.78, 5) is 131. The number of carbonyl (C=O) groups is 11. The molecule has 0 fully saturated rings. The van der Waals surface area contributed by atoms with E-state index in [1.807, 2.05) is 86.7 Å². The van der Waals surface area contributed by atoms with Gasteiger partial charge in [-0.15, -0.1) is 23.5 Å². The molecule has 2 aromatic carbocycles. The first-order valence-electron chi connectivity index (χ1n) is 34.1. The molecule has 0 aliphatic rings. The van der Waals surface area contributed by atoms with Gasteiger partial charge in [0.05, 0.1) is 146 Å². The molecule has 110 heavy (non-hydrogen) atoms. The summed E-state index contributed by atoms with van der Waals surface area (Å²) in [5.74, 6) is 0.0263. The average molecular weight is 1850 g/mol. The molecule has 32 nitrogen and oxygen atoms in total. The van der Waals surface area contributed by atoms with Crippen LogP contribution in [-0.4, -0.2) is 287 Å². The summed E-state index contributed by atoms with van der Waals surface area (Å²) in [5, 5.41) is 21.4. The summed E-state index contributed by atoms with van der Waals surface area (Å²) < 4.78 is 68.8. The topological polar surface area (TPSA) is 404 Å². The van der Waals surface area contributed by atoms with Crippen LogP contribution in [0.25, 0.3) is 0 Å². The minimum atomic E-state index is -0.640. The van der Waals surface area contributed by atoms with Crippen molar-refractivity contribution in [3.05, 3.63) is 47.5 Å². The van der Waals surface area contributed by atoms with Crippen molar-refractivity contribution in [3.63, 3.8) is 0 Å². The number of ether oxygens (including phenoxy) is 13. The van der Waals surface area contributed by atoms with Crippen LogP contribution in [0, 0.1) is 10.8 Å². The summed E-state index contributed by atoms with van der Waals surface area (Å²) in [5.41, 5.74) is 1.88. The van der Waals surface area contributed by atoms with Gasteiger partial charge in [0.2, 0.25) is 23.6 Å². The fourth-order valence-electron chi connectivity index (χ4n) is 7.32. The predicted molar refractivity (Wildman–Crippen MR) is 454 cm³/mol. The van der Waals surface area contributed by atoms with Crippen LogP contribution in [0.2, 0.25) is 0 Å². The molecular weight excluding hydrogens is 1720 g/mol. The number of hydrogen-bond acceptors (Lipinski definition) is 27. The van der Waals surface area contributed by atoms with E-state index in [9.17, 15) is 52.7 Å². The van der Waals surface area contributed by atoms with Gasteiger partial charge in [-0.3, -0.25) is 43.2 Å². The third-order valence-electron chi connectivity index (χ3n) is 11.7. The van der Waals surface area contributed by atoms with Crippen LogP contribution in [0.3, 0.4) is 0 Å². The smallest absolute Gasteiger partial charge is 0.407 e. The van der Waals surface area contributed by atoms with E-state index in [1.54, 1.807) is 12.1 Å². The Morgan fingerprint density at radius 1 is 0.355 bits per heavy atom. The molecule has 37 heteroatoms. The Morgan fingerprint density at radius 3 is 0.900 bits per heavy atom. The summed E-state index contributed by atoms with van der Waals surface area (Å²) in [6.45, 7) is 25.8. The summed E-state index contributed by atoms with van der Waals surface area (Å²) in [6.07, 6.45) is -1.24. The zero-order valence-corrected chi connectivity index (χ0v) is 69.4. The van der Waals surface area contributed by atoms with E-state index in [1.165, 1.54) is 68.6 Å². The van der Waals surface area contributed by atoms with Crippen molar-refractivity contribution < 1.29 is 114 Å². The average Bonchev–Trinajstić information content (AvgIpc) is 0.852. The van der Waals surface area contributed by atoms with Gasteiger partial charge in [-0.25, -0.2) is 9.59 Å². The Balaban J connectivity index is -0.000000602. The molecule has 0 saturated heterocycles. The van der Waals surface area contributed by atoms with E-state index in [-0.39, 0.29) is 179 Å². The summed E-state index contributed by atoms with van der Waals surface area (Å²) >= 11 is 10.6. The zero-order chi connectivity index (χ0) is 79.1. The minimum Gasteiger partial charge on any atom is -0.447 e. The van der Waals surface area contributed by atoms with Crippen molar-refractivity contribution in [1.29, 1.82) is 0 Å². The molecule has 8 amide bonds. The van der Waals surface area contributed by atoms with Crippen molar-refractivity contribution in [3.8, 4) is 0 Å². The molecule has 0 spiro atoms. The van der Waals surface area contributed by atoms with E-state index in [4.69, 9.17) is 61.6 Å². The standard InChI is InChI=1S/C39H64N4O14S2.C21H30I2N4O6.C9H18O4S.4CH4/c1-30(44)25-54-14-12-50-8-10-52-18-20-58-27-35(46)42-33-22-32(37(48)40-6-7-41-38(49)57-17-16-56-29-39(3,4)5)23-34(24-33)43-36(47)28-59-21-19-53-11-9-51-13-15-55-26-31(2)45;1-21(2,3)13-32-6-7-33-20(31)25-5-4-24-19(30)14-8-15(26-17(28)11-22)10-16(9-14)27-18(29)12-23;1-9(10)8-13-5-4-11-2-3-12-6-7-14;;;;/h22-24H,6-21,25-29H2,1-5H3,(H,40,48)(H,41,49)(H,42,46)(H,43,47);8-10H,4-7,11-13H2,1-3H3,(H,24,30)(H,25,31)(H,26,28)(H,27,29);14H,2-8H2,1H3;4*1H4. The molecule has 636 valence electrons. The summed E-state index contributed by atoms with van der Waals surface area (Å²) in [6, 6.07) is 9.16. The number of halogens is 2. The van der Waals surface area contributed by atoms with Crippen LogP contribution in [0.5, 0.6) is 0 Å². The third kappa shape index (κ3) is 74.3. The number of hydrogen-bond donors (Lipinski definition) is 9. The van der Waals surface area contributed by atoms with Crippen LogP contribution < -0.4 is 42.5 Å². The van der Waals surface area contributed by atoms with E-state index in [0.717, 1.165) is 5.75 Å². The largest absolute Gasteiger partial charge is 0.447 e. The first kappa shape index (κ1) is 113. The number of alkyl halides is 2. The molecular formula is C73H128I2N8O24S3. The van der Waals surface area contributed by atoms with Gasteiger partial charge in [-0.1, -0.05) is 116 Å². The molecule has 2 aromatic rings. The number of benzene rings is 2. The molecule has 0 atom stereocenters. The van der Waals surface area contributed by atoms with Crippen LogP contribution in [0.1, 0.15) is 113 Å². The Hall–Kier alpha value is -5.12. The lowest BCUT2D eigenvalue weighted by atomic mass is 9.99. The monoisotopic (exact) mass is 1850 g/mol. The quantitative estimate of drug-likeness (QED) is 0.0129. The molecule has 8 N–H and O–H groups in total. The van der Waals surface area contributed by atoms with Crippen molar-refractivity contribution in [1.82, 2.24) is 21.3 Å². The first-order chi connectivity index (χ1) is 50.6. The van der Waals surface area contributed by atoms with E-state index >= 15 is 0 Å². The Kier molecular flexibility index (Phi) is 76.3. The van der Waals surface area contributed by atoms with Crippen molar-refractivity contribution >= 4 is 169 Å². The van der Waals surface area contributed by atoms with Gasteiger partial charge in [0.1, 0.15) is 33.0 Å². The SMILES string of the molecule is C.C.C.C.CC(=O)COCCOCCOCCS.CC(=O)COCCOCCOCCSCC(=O)Nc1cc(NC(=O)CSCCOCCOCCOCC(C)=O)cc(C(=O)NCCNC(=O)OCCOCC(C)(C)C)c1.CC(C)(C)COCCOC(=O)NCCNC(=O)c1cc(NC(=O)CI)cc(NC(=O)CI)c1. The van der Waals surface area contributed by atoms with Gasteiger partial charge in [0.15, 0.2) is 17.3 Å². The molecule has 0 unspecified atom stereocenters. The maximum atomic E-state index is 13.1. The van der Waals surface area contributed by atoms with E-state index in [0.29, 0.717) is 153 Å². The number of Topliss-reactive ketones (excluding diaryl/α,β-unsaturated/α-hetero) is 3. The van der Waals surface area contributed by atoms with Gasteiger partial charge in [0.25, 0.3) is 11.8 Å². The van der Waals surface area contributed by atoms with Crippen LogP contribution in [0.15, 0.2) is 36.4 Å². The number of ketones is 3. The lowest BCUT2D eigenvalue weighted by Gasteiger charge is -2.17. The predicted octanol–water partition coefficient (Wildman–Crippen LogP) is 8.88. The number of rotatable bonds is 58. The molecule has 2 rings (SSSR count). The second-order valence-electron chi connectivity index (χ2n) is 24.7. The van der Waals surface area contributed by atoms with Crippen LogP contribution >= 0.6 is 81.3 Å². The Bertz CT molecular complexity index is 2740. The van der Waals surface area contributed by atoms with Gasteiger partial charge >= 0.3 is 12.2 Å². The highest BCUT2D eigenvalue weighted by atomic mass is 127. The highest BCUT2D eigenvalue weighted by molar-refractivity contribution is 14.1. The summed E-state index contributed by atoms with van der Waals surface area (Å²) in [7, 11) is 0. The minimum absolute atomic E-state index is 0. The number of nitrogens with one attached hydrogen (secondary N) is 8. The molecule has 0 aliphatic carbocycles. The van der Waals surface area contributed by atoms with Gasteiger partial charge in [0, 0.05) is 77.3 Å². The Labute approximate surface area is 693 Å². The van der Waals surface area contributed by atoms with Crippen molar-refractivity contribution in [2.24, 2.45) is 10.8 Å². The number of thiol groups is 1.